The topological polar surface area (TPSA) is 76.2 Å². The third kappa shape index (κ3) is 3.37. The Morgan fingerprint density at radius 2 is 1.08 bits per heavy atom. The summed E-state index contributed by atoms with van der Waals surface area (Å²) in [6, 6.07) is 16.2. The van der Waals surface area contributed by atoms with Crippen molar-refractivity contribution in [1.82, 2.24) is 10.1 Å². The van der Waals surface area contributed by atoms with E-state index in [0.29, 0.717) is 0 Å². The van der Waals surface area contributed by atoms with Crippen LogP contribution in [0.5, 0.6) is 0 Å². The number of urea groups is 1. The molecule has 0 aromatic heterocycles. The van der Waals surface area contributed by atoms with Gasteiger partial charge < -0.3 is 9.68 Å². The van der Waals surface area contributed by atoms with Crippen molar-refractivity contribution in [3.63, 3.8) is 0 Å². The van der Waals surface area contributed by atoms with E-state index in [1.807, 2.05) is 60.7 Å². The number of benzene rings is 2. The van der Waals surface area contributed by atoms with E-state index in [1.165, 1.54) is 13.8 Å². The van der Waals surface area contributed by atoms with Crippen LogP contribution in [0.25, 0.3) is 0 Å². The number of nitrogens with zero attached hydrogens (tertiary/aromatic N) is 2. The van der Waals surface area contributed by atoms with E-state index >= 15 is 0 Å². The van der Waals surface area contributed by atoms with Gasteiger partial charge in [-0.15, -0.1) is 10.1 Å². The van der Waals surface area contributed by atoms with Crippen LogP contribution in [-0.4, -0.2) is 28.1 Å². The average Bonchev–Trinajstić information content (AvgIpc) is 2.88. The maximum Gasteiger partial charge on any atom is 0.387 e. The second kappa shape index (κ2) is 7.26. The molecule has 26 heavy (non-hydrogen) atoms. The lowest BCUT2D eigenvalue weighted by Gasteiger charge is -2.26. The van der Waals surface area contributed by atoms with Crippen LogP contribution >= 0.6 is 0 Å². The molecule has 0 aliphatic carbocycles. The molecular weight excluding hydrogens is 336 g/mol. The summed E-state index contributed by atoms with van der Waals surface area (Å²) in [5.74, 6) is -1.29. The van der Waals surface area contributed by atoms with Gasteiger partial charge >= 0.3 is 18.0 Å². The second-order valence-electron chi connectivity index (χ2n) is 5.81. The molecule has 0 radical (unpaired) electrons. The number of hydrogen-bond acceptors (Lipinski definition) is 5. The Morgan fingerprint density at radius 1 is 0.731 bits per heavy atom. The molecule has 0 bridgehead atoms. The van der Waals surface area contributed by atoms with Crippen molar-refractivity contribution in [3.8, 4) is 0 Å². The minimum atomic E-state index is -0.724. The predicted octanol–water partition coefficient (Wildman–Crippen LogP) is 3.16. The predicted molar refractivity (Wildman–Crippen MR) is 91.0 cm³/mol. The smallest absolute Gasteiger partial charge is 0.336 e. The first-order valence-corrected chi connectivity index (χ1v) is 8.08. The molecule has 134 valence electrons. The zero-order chi connectivity index (χ0) is 18.7. The van der Waals surface area contributed by atoms with Gasteiger partial charge in [0.15, 0.2) is 0 Å². The standard InChI is InChI=1S/C19H18N2O5/c1-13(22)25-20-17(15-9-5-3-6-10-15)18(16-11-7-4-8-12-16)21(19(20)24)26-14(2)23/h3-12,17-18H,1-2H3/t17-,18-/m1/s1. The first-order chi connectivity index (χ1) is 12.5. The van der Waals surface area contributed by atoms with Crippen molar-refractivity contribution in [2.45, 2.75) is 25.9 Å². The van der Waals surface area contributed by atoms with Gasteiger partial charge in [-0.3, -0.25) is 9.59 Å². The minimum absolute atomic E-state index is 0.643. The van der Waals surface area contributed by atoms with E-state index in [0.717, 1.165) is 21.3 Å². The summed E-state index contributed by atoms with van der Waals surface area (Å²) in [6.45, 7) is 2.42. The molecule has 1 heterocycles. The number of rotatable bonds is 4. The Hall–Kier alpha value is -3.35. The summed E-state index contributed by atoms with van der Waals surface area (Å²) in [7, 11) is 0. The summed E-state index contributed by atoms with van der Waals surface area (Å²) in [5.41, 5.74) is 1.48. The summed E-state index contributed by atoms with van der Waals surface area (Å²) in [5, 5.41) is 1.91. The molecule has 3 rings (SSSR count). The molecule has 1 aliphatic rings. The van der Waals surface area contributed by atoms with E-state index in [-0.39, 0.29) is 0 Å². The van der Waals surface area contributed by atoms with Crippen LogP contribution in [0.15, 0.2) is 60.7 Å². The average molecular weight is 354 g/mol. The first-order valence-electron chi connectivity index (χ1n) is 8.08. The molecule has 2 amide bonds. The van der Waals surface area contributed by atoms with E-state index in [4.69, 9.17) is 9.68 Å². The van der Waals surface area contributed by atoms with Gasteiger partial charge in [0.25, 0.3) is 0 Å². The van der Waals surface area contributed by atoms with Gasteiger partial charge in [0.2, 0.25) is 0 Å². The number of amides is 2. The fourth-order valence-electron chi connectivity index (χ4n) is 3.00. The van der Waals surface area contributed by atoms with E-state index in [1.54, 1.807) is 0 Å². The second-order valence-corrected chi connectivity index (χ2v) is 5.81. The SMILES string of the molecule is CC(=O)ON1C(=O)N(OC(C)=O)[C@H](c2ccccc2)[C@H]1c1ccccc1. The first kappa shape index (κ1) is 17.5. The maximum atomic E-state index is 12.8. The van der Waals surface area contributed by atoms with Crippen molar-refractivity contribution >= 4 is 18.0 Å². The zero-order valence-electron chi connectivity index (χ0n) is 14.4. The van der Waals surface area contributed by atoms with Gasteiger partial charge in [-0.1, -0.05) is 60.7 Å². The van der Waals surface area contributed by atoms with Gasteiger partial charge in [-0.25, -0.2) is 4.79 Å². The molecule has 0 spiro atoms. The summed E-state index contributed by atoms with van der Waals surface area (Å²) >= 11 is 0. The third-order valence-corrected chi connectivity index (χ3v) is 3.92. The highest BCUT2D eigenvalue weighted by molar-refractivity contribution is 5.80. The lowest BCUT2D eigenvalue weighted by Crippen LogP contribution is -2.35. The van der Waals surface area contributed by atoms with Crippen LogP contribution < -0.4 is 0 Å². The van der Waals surface area contributed by atoms with E-state index in [9.17, 15) is 14.4 Å². The fraction of sp³-hybridized carbons (Fsp3) is 0.211. The van der Waals surface area contributed by atoms with Crippen LogP contribution in [0.3, 0.4) is 0 Å². The number of hydroxylamine groups is 4. The Morgan fingerprint density at radius 3 is 1.38 bits per heavy atom. The van der Waals surface area contributed by atoms with E-state index in [2.05, 4.69) is 0 Å². The van der Waals surface area contributed by atoms with Crippen molar-refractivity contribution < 1.29 is 24.1 Å². The highest BCUT2D eigenvalue weighted by Crippen LogP contribution is 2.45. The zero-order valence-corrected chi connectivity index (χ0v) is 14.4. The minimum Gasteiger partial charge on any atom is -0.336 e. The van der Waals surface area contributed by atoms with Gasteiger partial charge in [-0.2, -0.15) is 0 Å². The molecule has 1 fully saturated rings. The largest absolute Gasteiger partial charge is 0.387 e. The fourth-order valence-corrected chi connectivity index (χ4v) is 3.00. The van der Waals surface area contributed by atoms with Gasteiger partial charge in [-0.05, 0) is 11.1 Å². The molecule has 2 aromatic carbocycles. The van der Waals surface area contributed by atoms with Crippen molar-refractivity contribution in [2.75, 3.05) is 0 Å². The molecule has 0 N–H and O–H groups in total. The van der Waals surface area contributed by atoms with Crippen molar-refractivity contribution in [2.24, 2.45) is 0 Å². The highest BCUT2D eigenvalue weighted by atomic mass is 16.8. The Kier molecular flexibility index (Phi) is 4.88. The lowest BCUT2D eigenvalue weighted by atomic mass is 9.94. The van der Waals surface area contributed by atoms with Gasteiger partial charge in [0.05, 0.1) is 0 Å². The summed E-state index contributed by atoms with van der Waals surface area (Å²) in [6.07, 6.45) is 0. The molecule has 2 atom stereocenters. The van der Waals surface area contributed by atoms with Crippen molar-refractivity contribution in [3.05, 3.63) is 71.8 Å². The molecule has 2 aromatic rings. The Labute approximate surface area is 150 Å². The molecule has 7 heteroatoms. The molecular formula is C19H18N2O5. The summed E-state index contributed by atoms with van der Waals surface area (Å²) in [4.78, 5) is 46.3. The molecule has 1 aliphatic heterocycles. The maximum absolute atomic E-state index is 12.8. The van der Waals surface area contributed by atoms with Crippen LogP contribution in [-0.2, 0) is 19.3 Å². The van der Waals surface area contributed by atoms with Crippen LogP contribution in [0.4, 0.5) is 4.79 Å². The van der Waals surface area contributed by atoms with Gasteiger partial charge in [0, 0.05) is 13.8 Å². The molecule has 0 unspecified atom stereocenters. The molecule has 7 nitrogen and oxygen atoms in total. The molecule has 1 saturated heterocycles. The Bertz CT molecular complexity index is 742. The van der Waals surface area contributed by atoms with E-state index < -0.39 is 30.1 Å². The normalized spacial score (nSPS) is 19.4. The highest BCUT2D eigenvalue weighted by Gasteiger charge is 2.52. The quantitative estimate of drug-likeness (QED) is 0.843. The van der Waals surface area contributed by atoms with Crippen LogP contribution in [0.1, 0.15) is 37.1 Å². The Balaban J connectivity index is 2.13. The lowest BCUT2D eigenvalue weighted by molar-refractivity contribution is -0.182. The molecule has 0 saturated carbocycles. The summed E-state index contributed by atoms with van der Waals surface area (Å²) < 4.78 is 0. The van der Waals surface area contributed by atoms with Crippen LogP contribution in [0.2, 0.25) is 0 Å². The number of hydrogen-bond donors (Lipinski definition) is 0. The van der Waals surface area contributed by atoms with Gasteiger partial charge in [0.1, 0.15) is 12.1 Å². The van der Waals surface area contributed by atoms with Crippen molar-refractivity contribution in [1.29, 1.82) is 0 Å². The number of carbonyl (C=O) groups is 3. The third-order valence-electron chi connectivity index (χ3n) is 3.92. The van der Waals surface area contributed by atoms with Crippen LogP contribution in [0, 0.1) is 0 Å². The number of carbonyl (C=O) groups excluding carboxylic acids is 3. The monoisotopic (exact) mass is 354 g/mol.